The number of hydrogen-bond donors (Lipinski definition) is 2. The van der Waals surface area contributed by atoms with Crippen LogP contribution in [0.4, 0.5) is 0 Å². The molecule has 2 rings (SSSR count). The van der Waals surface area contributed by atoms with Gasteiger partial charge < -0.3 is 5.32 Å². The fourth-order valence-electron chi connectivity index (χ4n) is 1.95. The first-order valence-corrected chi connectivity index (χ1v) is 9.26. The Bertz CT molecular complexity index is 715. The van der Waals surface area contributed by atoms with Crippen molar-refractivity contribution in [3.8, 4) is 0 Å². The highest BCUT2D eigenvalue weighted by Crippen LogP contribution is 2.11. The van der Waals surface area contributed by atoms with Crippen molar-refractivity contribution in [2.45, 2.75) is 18.4 Å². The van der Waals surface area contributed by atoms with Gasteiger partial charge in [-0.05, 0) is 36.8 Å². The fourth-order valence-corrected chi connectivity index (χ4v) is 3.43. The molecule has 4 nitrogen and oxygen atoms in total. The molecule has 0 atom stereocenters. The molecule has 0 saturated carbocycles. The van der Waals surface area contributed by atoms with Crippen LogP contribution in [0.25, 0.3) is 0 Å². The second-order valence-corrected chi connectivity index (χ2v) is 7.70. The SMILES string of the molecule is Cc1ccc(S(=O)(=O)NCCNCc2cccc(Br)c2)cc1. The zero-order valence-corrected chi connectivity index (χ0v) is 14.7. The number of halogens is 1. The molecule has 0 fully saturated rings. The second kappa shape index (κ2) is 7.87. The molecule has 0 aliphatic heterocycles. The van der Waals surface area contributed by atoms with Crippen LogP contribution in [0.3, 0.4) is 0 Å². The Labute approximate surface area is 140 Å². The van der Waals surface area contributed by atoms with Crippen LogP contribution < -0.4 is 10.0 Å². The Morgan fingerprint density at radius 3 is 2.45 bits per heavy atom. The summed E-state index contributed by atoms with van der Waals surface area (Å²) in [5.74, 6) is 0. The van der Waals surface area contributed by atoms with E-state index >= 15 is 0 Å². The highest BCUT2D eigenvalue weighted by Gasteiger charge is 2.12. The van der Waals surface area contributed by atoms with Crippen molar-refractivity contribution in [3.63, 3.8) is 0 Å². The minimum atomic E-state index is -3.43. The highest BCUT2D eigenvalue weighted by molar-refractivity contribution is 9.10. The van der Waals surface area contributed by atoms with E-state index in [9.17, 15) is 8.42 Å². The van der Waals surface area contributed by atoms with Crippen molar-refractivity contribution in [2.24, 2.45) is 0 Å². The van der Waals surface area contributed by atoms with Gasteiger partial charge in [0.05, 0.1) is 4.90 Å². The minimum Gasteiger partial charge on any atom is -0.311 e. The molecule has 118 valence electrons. The van der Waals surface area contributed by atoms with Crippen molar-refractivity contribution < 1.29 is 8.42 Å². The fraction of sp³-hybridized carbons (Fsp3) is 0.250. The first-order chi connectivity index (χ1) is 10.5. The van der Waals surface area contributed by atoms with Crippen LogP contribution in [0.15, 0.2) is 57.9 Å². The monoisotopic (exact) mass is 382 g/mol. The summed E-state index contributed by atoms with van der Waals surface area (Å²) in [4.78, 5) is 0.296. The number of hydrogen-bond acceptors (Lipinski definition) is 3. The minimum absolute atomic E-state index is 0.296. The molecule has 0 spiro atoms. The molecule has 2 aromatic carbocycles. The summed E-state index contributed by atoms with van der Waals surface area (Å²) in [7, 11) is -3.43. The van der Waals surface area contributed by atoms with Gasteiger partial charge in [0.1, 0.15) is 0 Å². The number of aryl methyl sites for hydroxylation is 1. The van der Waals surface area contributed by atoms with E-state index in [1.807, 2.05) is 31.2 Å². The molecule has 0 aliphatic carbocycles. The van der Waals surface area contributed by atoms with Crippen LogP contribution in [0.1, 0.15) is 11.1 Å². The van der Waals surface area contributed by atoms with Crippen LogP contribution in [-0.4, -0.2) is 21.5 Å². The van der Waals surface area contributed by atoms with E-state index < -0.39 is 10.0 Å². The third-order valence-corrected chi connectivity index (χ3v) is 5.11. The Hall–Kier alpha value is -1.21. The summed E-state index contributed by atoms with van der Waals surface area (Å²) in [6.45, 7) is 3.54. The Kier molecular flexibility index (Phi) is 6.14. The molecule has 22 heavy (non-hydrogen) atoms. The van der Waals surface area contributed by atoms with Gasteiger partial charge in [0.25, 0.3) is 0 Å². The third kappa shape index (κ3) is 5.21. The molecule has 0 unspecified atom stereocenters. The van der Waals surface area contributed by atoms with E-state index in [4.69, 9.17) is 0 Å². The first kappa shape index (κ1) is 17.1. The summed E-state index contributed by atoms with van der Waals surface area (Å²) in [5, 5.41) is 3.21. The highest BCUT2D eigenvalue weighted by atomic mass is 79.9. The number of nitrogens with one attached hydrogen (secondary N) is 2. The van der Waals surface area contributed by atoms with Gasteiger partial charge in [-0.15, -0.1) is 0 Å². The molecule has 0 bridgehead atoms. The average Bonchev–Trinajstić information content (AvgIpc) is 2.47. The first-order valence-electron chi connectivity index (χ1n) is 6.99. The average molecular weight is 383 g/mol. The van der Waals surface area contributed by atoms with Crippen molar-refractivity contribution in [1.29, 1.82) is 0 Å². The molecule has 2 N–H and O–H groups in total. The number of sulfonamides is 1. The summed E-state index contributed by atoms with van der Waals surface area (Å²) < 4.78 is 27.8. The standard InChI is InChI=1S/C16H19BrN2O2S/c1-13-5-7-16(8-6-13)22(20,21)19-10-9-18-12-14-3-2-4-15(17)11-14/h2-8,11,18-19H,9-10,12H2,1H3. The Balaban J connectivity index is 1.77. The lowest BCUT2D eigenvalue weighted by atomic mass is 10.2. The quantitative estimate of drug-likeness (QED) is 0.723. The van der Waals surface area contributed by atoms with Gasteiger partial charge in [0.2, 0.25) is 10.0 Å². The van der Waals surface area contributed by atoms with Crippen LogP contribution in [0, 0.1) is 6.92 Å². The topological polar surface area (TPSA) is 58.2 Å². The maximum atomic E-state index is 12.1. The molecule has 0 amide bonds. The molecule has 6 heteroatoms. The third-order valence-electron chi connectivity index (χ3n) is 3.14. The lowest BCUT2D eigenvalue weighted by Crippen LogP contribution is -2.31. The van der Waals surface area contributed by atoms with Crippen molar-refractivity contribution in [1.82, 2.24) is 10.0 Å². The largest absolute Gasteiger partial charge is 0.311 e. The normalized spacial score (nSPS) is 11.5. The summed E-state index contributed by atoms with van der Waals surface area (Å²) in [6.07, 6.45) is 0. The van der Waals surface area contributed by atoms with Gasteiger partial charge in [-0.1, -0.05) is 45.8 Å². The van der Waals surface area contributed by atoms with Crippen molar-refractivity contribution in [3.05, 3.63) is 64.1 Å². The van der Waals surface area contributed by atoms with Crippen LogP contribution in [0.2, 0.25) is 0 Å². The van der Waals surface area contributed by atoms with E-state index in [0.29, 0.717) is 24.5 Å². The Morgan fingerprint density at radius 2 is 1.77 bits per heavy atom. The molecule has 0 aromatic heterocycles. The van der Waals surface area contributed by atoms with Crippen LogP contribution in [0.5, 0.6) is 0 Å². The maximum Gasteiger partial charge on any atom is 0.240 e. The predicted molar refractivity (Wildman–Crippen MR) is 92.2 cm³/mol. The summed E-state index contributed by atoms with van der Waals surface area (Å²) in [5.41, 5.74) is 2.19. The molecule has 0 heterocycles. The van der Waals surface area contributed by atoms with Gasteiger partial charge >= 0.3 is 0 Å². The molecule has 0 radical (unpaired) electrons. The van der Waals surface area contributed by atoms with Gasteiger partial charge in [-0.3, -0.25) is 0 Å². The van der Waals surface area contributed by atoms with Crippen molar-refractivity contribution in [2.75, 3.05) is 13.1 Å². The van der Waals surface area contributed by atoms with E-state index in [2.05, 4.69) is 26.0 Å². The smallest absolute Gasteiger partial charge is 0.240 e. The lowest BCUT2D eigenvalue weighted by Gasteiger charge is -2.08. The van der Waals surface area contributed by atoms with Gasteiger partial charge in [0.15, 0.2) is 0 Å². The molecular formula is C16H19BrN2O2S. The van der Waals surface area contributed by atoms with Crippen molar-refractivity contribution >= 4 is 26.0 Å². The van der Waals surface area contributed by atoms with Crippen LogP contribution in [-0.2, 0) is 16.6 Å². The van der Waals surface area contributed by atoms with E-state index in [0.717, 1.165) is 15.6 Å². The molecule has 0 aliphatic rings. The lowest BCUT2D eigenvalue weighted by molar-refractivity contribution is 0.576. The van der Waals surface area contributed by atoms with Crippen LogP contribution >= 0.6 is 15.9 Å². The molecular weight excluding hydrogens is 364 g/mol. The van der Waals surface area contributed by atoms with E-state index in [1.165, 1.54) is 0 Å². The molecule has 0 saturated heterocycles. The maximum absolute atomic E-state index is 12.1. The van der Waals surface area contributed by atoms with Gasteiger partial charge in [-0.25, -0.2) is 13.1 Å². The summed E-state index contributed by atoms with van der Waals surface area (Å²) >= 11 is 3.42. The molecule has 2 aromatic rings. The van der Waals surface area contributed by atoms with E-state index in [-0.39, 0.29) is 0 Å². The van der Waals surface area contributed by atoms with Gasteiger partial charge in [0, 0.05) is 24.1 Å². The summed E-state index contributed by atoms with van der Waals surface area (Å²) in [6, 6.07) is 14.8. The van der Waals surface area contributed by atoms with E-state index in [1.54, 1.807) is 24.3 Å². The zero-order valence-electron chi connectivity index (χ0n) is 12.3. The van der Waals surface area contributed by atoms with Gasteiger partial charge in [-0.2, -0.15) is 0 Å². The second-order valence-electron chi connectivity index (χ2n) is 5.02. The Morgan fingerprint density at radius 1 is 1.05 bits per heavy atom. The zero-order chi connectivity index (χ0) is 16.0. The number of rotatable bonds is 7. The number of benzene rings is 2. The predicted octanol–water partition coefficient (Wildman–Crippen LogP) is 2.83.